The summed E-state index contributed by atoms with van der Waals surface area (Å²) in [5.41, 5.74) is 5.84. The van der Waals surface area contributed by atoms with E-state index in [-0.39, 0.29) is 24.3 Å². The number of esters is 1. The molecule has 0 fully saturated rings. The fraction of sp³-hybridized carbons (Fsp3) is 0.364. The van der Waals surface area contributed by atoms with Crippen LogP contribution in [0.1, 0.15) is 24.9 Å². The second-order valence-electron chi connectivity index (χ2n) is 3.32. The molecule has 1 atom stereocenters. The van der Waals surface area contributed by atoms with Crippen LogP contribution in [0.25, 0.3) is 0 Å². The number of aromatic hydroxyl groups is 1. The number of halogens is 1. The fourth-order valence-corrected chi connectivity index (χ4v) is 1.33. The minimum atomic E-state index is -0.764. The van der Waals surface area contributed by atoms with Crippen molar-refractivity contribution in [1.29, 1.82) is 0 Å². The number of hydrogen-bond donors (Lipinski definition) is 2. The van der Waals surface area contributed by atoms with E-state index in [4.69, 9.17) is 15.6 Å². The second kappa shape index (κ2) is 5.46. The summed E-state index contributed by atoms with van der Waals surface area (Å²) in [5.74, 6) is -1.27. The van der Waals surface area contributed by atoms with Crippen molar-refractivity contribution < 1.29 is 19.0 Å². The first kappa shape index (κ1) is 12.4. The van der Waals surface area contributed by atoms with E-state index in [0.29, 0.717) is 0 Å². The number of phenolic OH excluding ortho intramolecular Hbond substituents is 1. The first-order chi connectivity index (χ1) is 7.54. The van der Waals surface area contributed by atoms with Gasteiger partial charge >= 0.3 is 5.97 Å². The van der Waals surface area contributed by atoms with Crippen molar-refractivity contribution in [2.24, 2.45) is 5.73 Å². The number of rotatable bonds is 4. The summed E-state index contributed by atoms with van der Waals surface area (Å²) in [6, 6.07) is 2.87. The molecule has 1 aromatic rings. The zero-order valence-electron chi connectivity index (χ0n) is 8.94. The van der Waals surface area contributed by atoms with Crippen LogP contribution in [-0.2, 0) is 9.53 Å². The van der Waals surface area contributed by atoms with Gasteiger partial charge in [0, 0.05) is 17.7 Å². The van der Waals surface area contributed by atoms with Gasteiger partial charge in [0.05, 0.1) is 13.0 Å². The number of phenols is 1. The smallest absolute Gasteiger partial charge is 0.307 e. The van der Waals surface area contributed by atoms with Crippen LogP contribution in [0.3, 0.4) is 0 Å². The molecule has 0 saturated carbocycles. The van der Waals surface area contributed by atoms with Gasteiger partial charge in [0.25, 0.3) is 0 Å². The molecule has 0 spiro atoms. The van der Waals surface area contributed by atoms with Crippen molar-refractivity contribution in [3.63, 3.8) is 0 Å². The van der Waals surface area contributed by atoms with E-state index in [1.54, 1.807) is 6.92 Å². The van der Waals surface area contributed by atoms with E-state index in [1.165, 1.54) is 12.1 Å². The lowest BCUT2D eigenvalue weighted by atomic mass is 10.0. The largest absolute Gasteiger partial charge is 0.508 e. The van der Waals surface area contributed by atoms with Crippen LogP contribution in [0, 0.1) is 5.82 Å². The Bertz CT molecular complexity index is 381. The SMILES string of the molecule is CCOC(=O)C[C@H](N)c1ccc(O)cc1F. The minimum Gasteiger partial charge on any atom is -0.508 e. The van der Waals surface area contributed by atoms with Gasteiger partial charge in [-0.15, -0.1) is 0 Å². The maximum Gasteiger partial charge on any atom is 0.307 e. The zero-order valence-corrected chi connectivity index (χ0v) is 8.94. The molecule has 1 aromatic carbocycles. The molecule has 0 bridgehead atoms. The van der Waals surface area contributed by atoms with E-state index >= 15 is 0 Å². The van der Waals surface area contributed by atoms with E-state index < -0.39 is 17.8 Å². The number of benzene rings is 1. The van der Waals surface area contributed by atoms with Crippen molar-refractivity contribution in [2.45, 2.75) is 19.4 Å². The number of nitrogens with two attached hydrogens (primary N) is 1. The molecule has 16 heavy (non-hydrogen) atoms. The van der Waals surface area contributed by atoms with Gasteiger partial charge in [-0.3, -0.25) is 4.79 Å². The lowest BCUT2D eigenvalue weighted by Gasteiger charge is -2.12. The summed E-state index contributed by atoms with van der Waals surface area (Å²) >= 11 is 0. The third-order valence-corrected chi connectivity index (χ3v) is 2.08. The van der Waals surface area contributed by atoms with Gasteiger partial charge in [-0.1, -0.05) is 6.07 Å². The van der Waals surface area contributed by atoms with Gasteiger partial charge in [0.15, 0.2) is 0 Å². The van der Waals surface area contributed by atoms with Crippen molar-refractivity contribution in [3.8, 4) is 5.75 Å². The van der Waals surface area contributed by atoms with Gasteiger partial charge in [0.1, 0.15) is 11.6 Å². The Kier molecular flexibility index (Phi) is 4.25. The second-order valence-corrected chi connectivity index (χ2v) is 3.32. The minimum absolute atomic E-state index is 0.0878. The highest BCUT2D eigenvalue weighted by atomic mass is 19.1. The summed E-state index contributed by atoms with van der Waals surface area (Å²) < 4.78 is 18.1. The fourth-order valence-electron chi connectivity index (χ4n) is 1.33. The number of carbonyl (C=O) groups is 1. The van der Waals surface area contributed by atoms with Crippen molar-refractivity contribution in [1.82, 2.24) is 0 Å². The standard InChI is InChI=1S/C11H14FNO3/c1-2-16-11(15)6-10(13)8-4-3-7(14)5-9(8)12/h3-5,10,14H,2,6,13H2,1H3/t10-/m0/s1. The molecule has 0 aliphatic heterocycles. The third kappa shape index (κ3) is 3.20. The molecule has 0 saturated heterocycles. The molecular weight excluding hydrogens is 213 g/mol. The summed E-state index contributed by atoms with van der Waals surface area (Å²) in [6.07, 6.45) is -0.0878. The Balaban J connectivity index is 2.72. The van der Waals surface area contributed by atoms with Crippen molar-refractivity contribution >= 4 is 5.97 Å². The zero-order chi connectivity index (χ0) is 12.1. The Morgan fingerprint density at radius 1 is 1.62 bits per heavy atom. The lowest BCUT2D eigenvalue weighted by molar-refractivity contribution is -0.143. The highest BCUT2D eigenvalue weighted by molar-refractivity contribution is 5.70. The highest BCUT2D eigenvalue weighted by Crippen LogP contribution is 2.22. The first-order valence-electron chi connectivity index (χ1n) is 4.94. The van der Waals surface area contributed by atoms with E-state index in [1.807, 2.05) is 0 Å². The topological polar surface area (TPSA) is 72.5 Å². The molecule has 0 heterocycles. The Morgan fingerprint density at radius 3 is 2.88 bits per heavy atom. The Morgan fingerprint density at radius 2 is 2.31 bits per heavy atom. The maximum atomic E-state index is 13.3. The summed E-state index contributed by atoms with van der Waals surface area (Å²) in [7, 11) is 0. The third-order valence-electron chi connectivity index (χ3n) is 2.08. The van der Waals surface area contributed by atoms with E-state index in [2.05, 4.69) is 0 Å². The molecule has 88 valence electrons. The molecule has 4 nitrogen and oxygen atoms in total. The summed E-state index contributed by atoms with van der Waals surface area (Å²) in [6.45, 7) is 1.95. The van der Waals surface area contributed by atoms with Gasteiger partial charge < -0.3 is 15.6 Å². The monoisotopic (exact) mass is 227 g/mol. The number of ether oxygens (including phenoxy) is 1. The molecule has 0 aliphatic carbocycles. The Labute approximate surface area is 92.8 Å². The van der Waals surface area contributed by atoms with Gasteiger partial charge in [-0.05, 0) is 13.0 Å². The lowest BCUT2D eigenvalue weighted by Crippen LogP contribution is -2.18. The molecule has 5 heteroatoms. The van der Waals surface area contributed by atoms with Crippen LogP contribution in [0.5, 0.6) is 5.75 Å². The van der Waals surface area contributed by atoms with Crippen LogP contribution in [0.4, 0.5) is 4.39 Å². The number of hydrogen-bond acceptors (Lipinski definition) is 4. The van der Waals surface area contributed by atoms with Gasteiger partial charge in [-0.2, -0.15) is 0 Å². The normalized spacial score (nSPS) is 12.2. The van der Waals surface area contributed by atoms with Gasteiger partial charge in [-0.25, -0.2) is 4.39 Å². The van der Waals surface area contributed by atoms with E-state index in [0.717, 1.165) is 6.07 Å². The summed E-state index contributed by atoms with van der Waals surface area (Å²) in [4.78, 5) is 11.1. The van der Waals surface area contributed by atoms with Crippen molar-refractivity contribution in [2.75, 3.05) is 6.61 Å². The molecule has 0 aliphatic rings. The molecular formula is C11H14FNO3. The predicted octanol–water partition coefficient (Wildman–Crippen LogP) is 1.48. The van der Waals surface area contributed by atoms with Crippen LogP contribution < -0.4 is 5.73 Å². The molecule has 1 rings (SSSR count). The molecule has 3 N–H and O–H groups in total. The van der Waals surface area contributed by atoms with Crippen LogP contribution in [-0.4, -0.2) is 17.7 Å². The highest BCUT2D eigenvalue weighted by Gasteiger charge is 2.16. The molecule has 0 radical (unpaired) electrons. The van der Waals surface area contributed by atoms with Crippen LogP contribution in [0.15, 0.2) is 18.2 Å². The Hall–Kier alpha value is -1.62. The quantitative estimate of drug-likeness (QED) is 0.764. The van der Waals surface area contributed by atoms with E-state index in [9.17, 15) is 9.18 Å². The molecule has 0 amide bonds. The van der Waals surface area contributed by atoms with Crippen LogP contribution >= 0.6 is 0 Å². The van der Waals surface area contributed by atoms with Crippen LogP contribution in [0.2, 0.25) is 0 Å². The molecule has 0 unspecified atom stereocenters. The maximum absolute atomic E-state index is 13.3. The summed E-state index contributed by atoms with van der Waals surface area (Å²) in [5, 5.41) is 9.01. The van der Waals surface area contributed by atoms with Crippen molar-refractivity contribution in [3.05, 3.63) is 29.6 Å². The average molecular weight is 227 g/mol. The first-order valence-corrected chi connectivity index (χ1v) is 4.94. The molecule has 0 aromatic heterocycles. The van der Waals surface area contributed by atoms with Gasteiger partial charge in [0.2, 0.25) is 0 Å². The average Bonchev–Trinajstić information content (AvgIpc) is 2.17. The predicted molar refractivity (Wildman–Crippen MR) is 56.2 cm³/mol. The number of carbonyl (C=O) groups excluding carboxylic acids is 1.